The van der Waals surface area contributed by atoms with E-state index >= 15 is 0 Å². The third kappa shape index (κ3) is 6.08. The zero-order chi connectivity index (χ0) is 16.5. The summed E-state index contributed by atoms with van der Waals surface area (Å²) in [5.74, 6) is -0.159. The number of hydrogen-bond donors (Lipinski definition) is 2. The number of hydrogen-bond acceptors (Lipinski definition) is 4. The van der Waals surface area contributed by atoms with Crippen LogP contribution in [0.3, 0.4) is 0 Å². The van der Waals surface area contributed by atoms with Crippen molar-refractivity contribution in [3.05, 3.63) is 59.9 Å². The van der Waals surface area contributed by atoms with Gasteiger partial charge in [-0.1, -0.05) is 30.3 Å². The first-order valence-corrected chi connectivity index (χ1v) is 7.82. The fourth-order valence-electron chi connectivity index (χ4n) is 2.13. The molecule has 1 amide bonds. The Bertz CT molecular complexity index is 596. The topological polar surface area (TPSA) is 57.3 Å². The first-order valence-electron chi connectivity index (χ1n) is 7.82. The van der Waals surface area contributed by atoms with Gasteiger partial charge in [0, 0.05) is 13.1 Å². The van der Waals surface area contributed by atoms with Gasteiger partial charge in [-0.25, -0.2) is 4.98 Å². The summed E-state index contributed by atoms with van der Waals surface area (Å²) in [6.07, 6.45) is 2.76. The summed E-state index contributed by atoms with van der Waals surface area (Å²) in [5, 5.41) is 6.18. The second-order valence-electron chi connectivity index (χ2n) is 5.68. The molecule has 0 aliphatic heterocycles. The molecule has 0 aliphatic rings. The van der Waals surface area contributed by atoms with Gasteiger partial charge in [-0.15, -0.1) is 0 Å². The highest BCUT2D eigenvalue weighted by Crippen LogP contribution is 2.07. The Morgan fingerprint density at radius 1 is 1.13 bits per heavy atom. The Hall–Kier alpha value is -2.40. The highest BCUT2D eigenvalue weighted by atomic mass is 16.1. The molecule has 0 saturated carbocycles. The van der Waals surface area contributed by atoms with Crippen molar-refractivity contribution in [2.45, 2.75) is 13.0 Å². The second kappa shape index (κ2) is 8.90. The van der Waals surface area contributed by atoms with Crippen molar-refractivity contribution in [3.63, 3.8) is 0 Å². The fourth-order valence-corrected chi connectivity index (χ4v) is 2.13. The lowest BCUT2D eigenvalue weighted by Crippen LogP contribution is -2.23. The molecule has 0 aliphatic carbocycles. The Balaban J connectivity index is 1.78. The zero-order valence-corrected chi connectivity index (χ0v) is 13.7. The summed E-state index contributed by atoms with van der Waals surface area (Å²) in [6.45, 7) is 2.44. The van der Waals surface area contributed by atoms with Gasteiger partial charge in [0.1, 0.15) is 5.69 Å². The third-order valence-electron chi connectivity index (χ3n) is 3.40. The molecule has 0 radical (unpaired) electrons. The van der Waals surface area contributed by atoms with Gasteiger partial charge in [-0.3, -0.25) is 4.79 Å². The maximum absolute atomic E-state index is 12.1. The largest absolute Gasteiger partial charge is 0.384 e. The Morgan fingerprint density at radius 3 is 2.57 bits per heavy atom. The minimum atomic E-state index is -0.159. The van der Waals surface area contributed by atoms with E-state index < -0.39 is 0 Å². The van der Waals surface area contributed by atoms with E-state index in [1.54, 1.807) is 12.3 Å². The lowest BCUT2D eigenvalue weighted by molar-refractivity contribution is 0.0946. The molecule has 5 heteroatoms. The summed E-state index contributed by atoms with van der Waals surface area (Å²) in [4.78, 5) is 18.4. The first-order chi connectivity index (χ1) is 11.1. The van der Waals surface area contributed by atoms with E-state index in [2.05, 4.69) is 34.6 Å². The number of carbonyl (C=O) groups excluding carboxylic acids is 1. The van der Waals surface area contributed by atoms with Crippen molar-refractivity contribution >= 4 is 11.6 Å². The lowest BCUT2D eigenvalue weighted by atomic mass is 10.2. The minimum Gasteiger partial charge on any atom is -0.384 e. The number of nitrogens with one attached hydrogen (secondary N) is 2. The molecule has 0 bridgehead atoms. The van der Waals surface area contributed by atoms with E-state index in [4.69, 9.17) is 0 Å². The molecule has 0 unspecified atom stereocenters. The maximum atomic E-state index is 12.1. The quantitative estimate of drug-likeness (QED) is 0.735. The average molecular weight is 312 g/mol. The van der Waals surface area contributed by atoms with Crippen molar-refractivity contribution < 1.29 is 4.79 Å². The molecule has 2 N–H and O–H groups in total. The third-order valence-corrected chi connectivity index (χ3v) is 3.40. The normalized spacial score (nSPS) is 10.6. The van der Waals surface area contributed by atoms with Crippen molar-refractivity contribution in [1.29, 1.82) is 0 Å². The van der Waals surface area contributed by atoms with Crippen LogP contribution in [0.2, 0.25) is 0 Å². The predicted octanol–water partition coefficient (Wildman–Crippen LogP) is 2.38. The van der Waals surface area contributed by atoms with Crippen LogP contribution in [-0.2, 0) is 6.54 Å². The summed E-state index contributed by atoms with van der Waals surface area (Å²) >= 11 is 0. The van der Waals surface area contributed by atoms with Crippen LogP contribution in [0, 0.1) is 0 Å². The molecule has 5 nitrogen and oxygen atoms in total. The van der Waals surface area contributed by atoms with Gasteiger partial charge >= 0.3 is 0 Å². The molecule has 23 heavy (non-hydrogen) atoms. The highest BCUT2D eigenvalue weighted by molar-refractivity contribution is 5.92. The molecule has 2 rings (SSSR count). The van der Waals surface area contributed by atoms with Crippen LogP contribution < -0.4 is 10.6 Å². The van der Waals surface area contributed by atoms with Gasteiger partial charge in [-0.05, 0) is 44.8 Å². The van der Waals surface area contributed by atoms with Gasteiger partial charge < -0.3 is 15.5 Å². The van der Waals surface area contributed by atoms with Crippen LogP contribution in [-0.4, -0.2) is 43.0 Å². The molecule has 0 saturated heterocycles. The molecule has 0 atom stereocenters. The van der Waals surface area contributed by atoms with Crippen molar-refractivity contribution in [2.24, 2.45) is 0 Å². The molecule has 122 valence electrons. The van der Waals surface area contributed by atoms with Gasteiger partial charge in [0.2, 0.25) is 0 Å². The molecule has 2 aromatic rings. The molecule has 1 aromatic carbocycles. The standard InChI is InChI=1S/C18H24N4O/c1-22(2)12-6-11-19-16-9-10-17(20-14-16)18(23)21-13-15-7-4-3-5-8-15/h3-5,7-10,14,19H,6,11-13H2,1-2H3,(H,21,23). The van der Waals surface area contributed by atoms with Crippen molar-refractivity contribution in [1.82, 2.24) is 15.2 Å². The highest BCUT2D eigenvalue weighted by Gasteiger charge is 2.06. The van der Waals surface area contributed by atoms with Crippen LogP contribution in [0.25, 0.3) is 0 Å². The van der Waals surface area contributed by atoms with Gasteiger partial charge in [0.15, 0.2) is 0 Å². The maximum Gasteiger partial charge on any atom is 0.270 e. The van der Waals surface area contributed by atoms with E-state index in [1.165, 1.54) is 0 Å². The van der Waals surface area contributed by atoms with Gasteiger partial charge in [0.25, 0.3) is 5.91 Å². The Labute approximate surface area is 137 Å². The monoisotopic (exact) mass is 312 g/mol. The molecule has 1 heterocycles. The summed E-state index contributed by atoms with van der Waals surface area (Å²) in [6, 6.07) is 13.5. The van der Waals surface area contributed by atoms with Crippen molar-refractivity contribution in [2.75, 3.05) is 32.5 Å². The molecular weight excluding hydrogens is 288 g/mol. The number of rotatable bonds is 8. The van der Waals surface area contributed by atoms with E-state index in [9.17, 15) is 4.79 Å². The second-order valence-corrected chi connectivity index (χ2v) is 5.68. The van der Waals surface area contributed by atoms with E-state index in [1.807, 2.05) is 36.4 Å². The van der Waals surface area contributed by atoms with Crippen LogP contribution in [0.1, 0.15) is 22.5 Å². The number of nitrogens with zero attached hydrogens (tertiary/aromatic N) is 2. The number of anilines is 1. The zero-order valence-electron chi connectivity index (χ0n) is 13.7. The summed E-state index contributed by atoms with van der Waals surface area (Å²) in [5.41, 5.74) is 2.43. The number of amides is 1. The van der Waals surface area contributed by atoms with Gasteiger partial charge in [0.05, 0.1) is 11.9 Å². The number of carbonyl (C=O) groups is 1. The Kier molecular flexibility index (Phi) is 6.56. The lowest BCUT2D eigenvalue weighted by Gasteiger charge is -2.10. The molecular formula is C18H24N4O. The summed E-state index contributed by atoms with van der Waals surface area (Å²) < 4.78 is 0. The first kappa shape index (κ1) is 17.0. The van der Waals surface area contributed by atoms with E-state index in [-0.39, 0.29) is 5.91 Å². The predicted molar refractivity (Wildman–Crippen MR) is 93.5 cm³/mol. The van der Waals surface area contributed by atoms with Gasteiger partial charge in [-0.2, -0.15) is 0 Å². The molecule has 0 fully saturated rings. The van der Waals surface area contributed by atoms with Crippen molar-refractivity contribution in [3.8, 4) is 0 Å². The van der Waals surface area contributed by atoms with Crippen LogP contribution in [0.4, 0.5) is 5.69 Å². The Morgan fingerprint density at radius 2 is 1.91 bits per heavy atom. The fraction of sp³-hybridized carbons (Fsp3) is 0.333. The smallest absolute Gasteiger partial charge is 0.270 e. The number of benzene rings is 1. The molecule has 0 spiro atoms. The SMILES string of the molecule is CN(C)CCCNc1ccc(C(=O)NCc2ccccc2)nc1. The van der Waals surface area contributed by atoms with Crippen LogP contribution in [0.15, 0.2) is 48.7 Å². The molecule has 1 aromatic heterocycles. The van der Waals surface area contributed by atoms with E-state index in [0.717, 1.165) is 30.8 Å². The van der Waals surface area contributed by atoms with Crippen LogP contribution >= 0.6 is 0 Å². The number of aromatic nitrogens is 1. The average Bonchev–Trinajstić information content (AvgIpc) is 2.58. The van der Waals surface area contributed by atoms with Crippen LogP contribution in [0.5, 0.6) is 0 Å². The minimum absolute atomic E-state index is 0.159. The van der Waals surface area contributed by atoms with E-state index in [0.29, 0.717) is 12.2 Å². The number of pyridine rings is 1. The summed E-state index contributed by atoms with van der Waals surface area (Å²) in [7, 11) is 4.12.